The minimum absolute atomic E-state index is 0.0146. The number of rotatable bonds is 8. The molecule has 150 valence electrons. The topological polar surface area (TPSA) is 93.1 Å². The monoisotopic (exact) mass is 430 g/mol. The van der Waals surface area contributed by atoms with Crippen molar-refractivity contribution in [2.45, 2.75) is 6.42 Å². The molecule has 1 aromatic heterocycles. The Bertz CT molecular complexity index is 1100. The largest absolute Gasteiger partial charge is 0.326 e. The molecule has 3 rings (SSSR count). The molecule has 2 aromatic carbocycles. The summed E-state index contributed by atoms with van der Waals surface area (Å²) in [5.41, 5.74) is 2.03. The summed E-state index contributed by atoms with van der Waals surface area (Å²) in [7, 11) is -3.63. The van der Waals surface area contributed by atoms with Gasteiger partial charge < -0.3 is 9.88 Å². The zero-order valence-electron chi connectivity index (χ0n) is 15.3. The first kappa shape index (κ1) is 20.8. The zero-order chi connectivity index (χ0) is 20.7. The van der Waals surface area contributed by atoms with Crippen molar-refractivity contribution in [2.24, 2.45) is 0 Å². The number of carbonyl (C=O) groups is 1. The first-order valence-corrected chi connectivity index (χ1v) is 10.7. The minimum atomic E-state index is -3.63. The molecule has 0 aliphatic heterocycles. The second kappa shape index (κ2) is 9.51. The highest BCUT2D eigenvalue weighted by molar-refractivity contribution is 7.92. The van der Waals surface area contributed by atoms with E-state index >= 15 is 0 Å². The Labute approximate surface area is 174 Å². The average Bonchev–Trinajstić information content (AvgIpc) is 3.22. The van der Waals surface area contributed by atoms with Crippen molar-refractivity contribution in [1.82, 2.24) is 14.3 Å². The van der Waals surface area contributed by atoms with Gasteiger partial charge in [0.1, 0.15) is 0 Å². The van der Waals surface area contributed by atoms with Crippen molar-refractivity contribution < 1.29 is 13.2 Å². The molecule has 0 aliphatic rings. The summed E-state index contributed by atoms with van der Waals surface area (Å²) >= 11 is 6.25. The SMILES string of the molecule is O=C(CCNS(=O)(=O)/C=C/c1ccccc1)Nc1ccc(-n2ccnc2)c(Cl)c1. The quantitative estimate of drug-likeness (QED) is 0.572. The van der Waals surface area contributed by atoms with E-state index in [1.165, 1.54) is 6.08 Å². The van der Waals surface area contributed by atoms with Crippen LogP contribution in [0.2, 0.25) is 5.02 Å². The van der Waals surface area contributed by atoms with E-state index in [1.54, 1.807) is 53.6 Å². The van der Waals surface area contributed by atoms with Crippen LogP contribution in [0.25, 0.3) is 11.8 Å². The van der Waals surface area contributed by atoms with Crippen molar-refractivity contribution in [2.75, 3.05) is 11.9 Å². The van der Waals surface area contributed by atoms with E-state index in [0.29, 0.717) is 10.7 Å². The fourth-order valence-electron chi connectivity index (χ4n) is 2.51. The number of aromatic nitrogens is 2. The van der Waals surface area contributed by atoms with Crippen LogP contribution in [-0.2, 0) is 14.8 Å². The third-order valence-corrected chi connectivity index (χ3v) is 5.31. The number of halogens is 1. The van der Waals surface area contributed by atoms with E-state index in [0.717, 1.165) is 16.7 Å². The van der Waals surface area contributed by atoms with E-state index in [1.807, 2.05) is 18.2 Å². The molecule has 1 heterocycles. The second-order valence-electron chi connectivity index (χ2n) is 6.09. The molecule has 0 bridgehead atoms. The first-order chi connectivity index (χ1) is 13.9. The molecule has 7 nitrogen and oxygen atoms in total. The fraction of sp³-hybridized carbons (Fsp3) is 0.100. The molecule has 0 radical (unpaired) electrons. The summed E-state index contributed by atoms with van der Waals surface area (Å²) in [6.07, 6.45) is 6.50. The minimum Gasteiger partial charge on any atom is -0.326 e. The molecule has 0 atom stereocenters. The van der Waals surface area contributed by atoms with Crippen molar-refractivity contribution in [3.63, 3.8) is 0 Å². The third-order valence-electron chi connectivity index (χ3n) is 3.91. The lowest BCUT2D eigenvalue weighted by molar-refractivity contribution is -0.116. The number of nitrogens with one attached hydrogen (secondary N) is 2. The number of anilines is 1. The zero-order valence-corrected chi connectivity index (χ0v) is 16.9. The van der Waals surface area contributed by atoms with Crippen LogP contribution in [0.1, 0.15) is 12.0 Å². The number of hydrogen-bond acceptors (Lipinski definition) is 4. The Kier molecular flexibility index (Phi) is 6.82. The van der Waals surface area contributed by atoms with Gasteiger partial charge in [0, 0.05) is 36.5 Å². The third kappa shape index (κ3) is 6.28. The number of hydrogen-bond donors (Lipinski definition) is 2. The predicted molar refractivity (Wildman–Crippen MR) is 114 cm³/mol. The maximum atomic E-state index is 12.1. The molecule has 29 heavy (non-hydrogen) atoms. The van der Waals surface area contributed by atoms with Crippen LogP contribution in [0.5, 0.6) is 0 Å². The van der Waals surface area contributed by atoms with Crippen LogP contribution in [0.4, 0.5) is 5.69 Å². The number of amides is 1. The van der Waals surface area contributed by atoms with E-state index in [9.17, 15) is 13.2 Å². The van der Waals surface area contributed by atoms with Gasteiger partial charge in [0.2, 0.25) is 15.9 Å². The maximum absolute atomic E-state index is 12.1. The van der Waals surface area contributed by atoms with Crippen LogP contribution in [0, 0.1) is 0 Å². The highest BCUT2D eigenvalue weighted by Crippen LogP contribution is 2.24. The molecule has 3 aromatic rings. The number of imidazole rings is 1. The molecular weight excluding hydrogens is 412 g/mol. The summed E-state index contributed by atoms with van der Waals surface area (Å²) in [5, 5.41) is 4.23. The lowest BCUT2D eigenvalue weighted by Gasteiger charge is -2.09. The lowest BCUT2D eigenvalue weighted by Crippen LogP contribution is -2.26. The van der Waals surface area contributed by atoms with Gasteiger partial charge in [0.05, 0.1) is 17.0 Å². The summed E-state index contributed by atoms with van der Waals surface area (Å²) < 4.78 is 28.1. The van der Waals surface area contributed by atoms with E-state index in [2.05, 4.69) is 15.0 Å². The van der Waals surface area contributed by atoms with Crippen molar-refractivity contribution >= 4 is 39.3 Å². The van der Waals surface area contributed by atoms with Gasteiger partial charge in [-0.05, 0) is 29.8 Å². The normalized spacial score (nSPS) is 11.6. The molecular formula is C20H19ClN4O3S. The molecule has 0 saturated carbocycles. The summed E-state index contributed by atoms with van der Waals surface area (Å²) in [4.78, 5) is 16.0. The van der Waals surface area contributed by atoms with Crippen LogP contribution < -0.4 is 10.0 Å². The Morgan fingerprint density at radius 3 is 2.66 bits per heavy atom. The van der Waals surface area contributed by atoms with Gasteiger partial charge in [-0.25, -0.2) is 18.1 Å². The number of benzene rings is 2. The molecule has 9 heteroatoms. The summed E-state index contributed by atoms with van der Waals surface area (Å²) in [6, 6.07) is 14.2. The van der Waals surface area contributed by atoms with Gasteiger partial charge in [0.15, 0.2) is 0 Å². The van der Waals surface area contributed by atoms with E-state index in [-0.39, 0.29) is 18.9 Å². The molecule has 0 saturated heterocycles. The van der Waals surface area contributed by atoms with Gasteiger partial charge in [-0.1, -0.05) is 41.9 Å². The van der Waals surface area contributed by atoms with Crippen LogP contribution in [0.3, 0.4) is 0 Å². The predicted octanol–water partition coefficient (Wildman–Crippen LogP) is 3.44. The summed E-state index contributed by atoms with van der Waals surface area (Å²) in [6.45, 7) is -0.0197. The maximum Gasteiger partial charge on any atom is 0.233 e. The Hall–Kier alpha value is -2.94. The molecule has 0 unspecified atom stereocenters. The first-order valence-electron chi connectivity index (χ1n) is 8.73. The molecule has 0 fully saturated rings. The number of sulfonamides is 1. The summed E-state index contributed by atoms with van der Waals surface area (Å²) in [5.74, 6) is -0.328. The Morgan fingerprint density at radius 1 is 1.17 bits per heavy atom. The Morgan fingerprint density at radius 2 is 1.97 bits per heavy atom. The van der Waals surface area contributed by atoms with Crippen molar-refractivity contribution in [3.05, 3.63) is 83.2 Å². The van der Waals surface area contributed by atoms with Crippen molar-refractivity contribution in [3.8, 4) is 5.69 Å². The fourth-order valence-corrected chi connectivity index (χ4v) is 3.60. The van der Waals surface area contributed by atoms with E-state index in [4.69, 9.17) is 11.6 Å². The van der Waals surface area contributed by atoms with Gasteiger partial charge >= 0.3 is 0 Å². The highest BCUT2D eigenvalue weighted by atomic mass is 35.5. The lowest BCUT2D eigenvalue weighted by atomic mass is 10.2. The molecule has 2 N–H and O–H groups in total. The van der Waals surface area contributed by atoms with Crippen molar-refractivity contribution in [1.29, 1.82) is 0 Å². The van der Waals surface area contributed by atoms with Crippen LogP contribution in [-0.4, -0.2) is 30.4 Å². The van der Waals surface area contributed by atoms with E-state index < -0.39 is 10.0 Å². The van der Waals surface area contributed by atoms with Crippen LogP contribution in [0.15, 0.2) is 72.7 Å². The van der Waals surface area contributed by atoms with Gasteiger partial charge in [-0.3, -0.25) is 4.79 Å². The number of nitrogens with zero attached hydrogens (tertiary/aromatic N) is 2. The number of carbonyl (C=O) groups excluding carboxylic acids is 1. The standard InChI is InChI=1S/C20H19ClN4O3S/c21-18-14-17(6-7-19(18)25-12-11-22-15-25)24-20(26)8-10-23-29(27,28)13-9-16-4-2-1-3-5-16/h1-7,9,11-15,23H,8,10H2,(H,24,26)/b13-9+. The van der Waals surface area contributed by atoms with Gasteiger partial charge in [-0.2, -0.15) is 0 Å². The highest BCUT2D eigenvalue weighted by Gasteiger charge is 2.09. The molecule has 1 amide bonds. The molecule has 0 spiro atoms. The van der Waals surface area contributed by atoms with Gasteiger partial charge in [0.25, 0.3) is 0 Å². The molecule has 0 aliphatic carbocycles. The Balaban J connectivity index is 1.50. The average molecular weight is 431 g/mol. The second-order valence-corrected chi connectivity index (χ2v) is 8.15. The van der Waals surface area contributed by atoms with Gasteiger partial charge in [-0.15, -0.1) is 0 Å². The smallest absolute Gasteiger partial charge is 0.233 e. The van der Waals surface area contributed by atoms with Crippen LogP contribution >= 0.6 is 11.6 Å².